The van der Waals surface area contributed by atoms with Gasteiger partial charge in [0.1, 0.15) is 16.1 Å². The van der Waals surface area contributed by atoms with Crippen LogP contribution in [0.2, 0.25) is 5.02 Å². The van der Waals surface area contributed by atoms with E-state index in [1.54, 1.807) is 0 Å². The molecular formula is C16H14ClF3NO5P. The van der Waals surface area contributed by atoms with Crippen LogP contribution in [-0.4, -0.2) is 15.5 Å². The molecule has 0 spiro atoms. The van der Waals surface area contributed by atoms with Gasteiger partial charge >= 0.3 is 0 Å². The number of hydrogen-bond donors (Lipinski definition) is 1. The van der Waals surface area contributed by atoms with Gasteiger partial charge < -0.3 is 9.63 Å². The Bertz CT molecular complexity index is 954. The molecule has 6 nitrogen and oxygen atoms in total. The van der Waals surface area contributed by atoms with Crippen molar-refractivity contribution in [3.8, 4) is 11.5 Å². The highest BCUT2D eigenvalue weighted by atomic mass is 35.5. The lowest BCUT2D eigenvalue weighted by Gasteiger charge is -2.17. The quantitative estimate of drug-likeness (QED) is 0.314. The number of nitro groups is 1. The lowest BCUT2D eigenvalue weighted by molar-refractivity contribution is -0.383. The van der Waals surface area contributed by atoms with Crippen LogP contribution in [0.3, 0.4) is 0 Å². The van der Waals surface area contributed by atoms with E-state index < -0.39 is 62.7 Å². The van der Waals surface area contributed by atoms with Crippen LogP contribution in [0.1, 0.15) is 19.4 Å². The third-order valence-corrected chi connectivity index (χ3v) is 6.64. The standard InChI is InChI=1S/C16H14ClF3NO5P/c1-7(2)27(24,25)11-6-9(4-5-10(11)21(22)23)26-16-12(17)13(18)8(3)14(19)15(16)20/h4-7H,1-3H3,(H,24,25). The molecule has 0 radical (unpaired) electrons. The van der Waals surface area contributed by atoms with Crippen molar-refractivity contribution in [2.24, 2.45) is 0 Å². The van der Waals surface area contributed by atoms with Crippen molar-refractivity contribution < 1.29 is 32.3 Å². The van der Waals surface area contributed by atoms with Crippen LogP contribution in [0.15, 0.2) is 18.2 Å². The zero-order valence-electron chi connectivity index (χ0n) is 14.3. The molecule has 27 heavy (non-hydrogen) atoms. The van der Waals surface area contributed by atoms with Crippen LogP contribution in [0.25, 0.3) is 0 Å². The molecule has 146 valence electrons. The lowest BCUT2D eigenvalue weighted by Crippen LogP contribution is -2.16. The molecule has 0 bridgehead atoms. The Morgan fingerprint density at radius 2 is 1.81 bits per heavy atom. The number of hydrogen-bond acceptors (Lipinski definition) is 4. The van der Waals surface area contributed by atoms with Gasteiger partial charge in [-0.3, -0.25) is 14.7 Å². The second-order valence-corrected chi connectivity index (χ2v) is 9.07. The number of ether oxygens (including phenoxy) is 1. The summed E-state index contributed by atoms with van der Waals surface area (Å²) >= 11 is 5.67. The summed E-state index contributed by atoms with van der Waals surface area (Å²) in [5, 5.41) is 9.78. The number of nitrogens with zero attached hydrogens (tertiary/aromatic N) is 1. The van der Waals surface area contributed by atoms with Crippen molar-refractivity contribution in [3.63, 3.8) is 0 Å². The molecule has 2 aromatic rings. The first-order chi connectivity index (χ1) is 12.4. The summed E-state index contributed by atoms with van der Waals surface area (Å²) in [7, 11) is -4.19. The molecule has 1 atom stereocenters. The normalized spacial score (nSPS) is 13.5. The fraction of sp³-hybridized carbons (Fsp3) is 0.250. The minimum atomic E-state index is -4.19. The lowest BCUT2D eigenvalue weighted by atomic mass is 10.2. The van der Waals surface area contributed by atoms with Crippen molar-refractivity contribution in [3.05, 3.63) is 56.4 Å². The molecule has 0 fully saturated rings. The van der Waals surface area contributed by atoms with E-state index in [9.17, 15) is 32.7 Å². The molecule has 2 rings (SSSR count). The fourth-order valence-electron chi connectivity index (χ4n) is 2.18. The maximum absolute atomic E-state index is 14.1. The second kappa shape index (κ2) is 7.50. The Labute approximate surface area is 157 Å². The Hall–Kier alpha value is -2.09. The molecule has 0 aliphatic heterocycles. The first kappa shape index (κ1) is 21.2. The molecule has 2 aromatic carbocycles. The molecule has 0 saturated carbocycles. The average molecular weight is 424 g/mol. The van der Waals surface area contributed by atoms with E-state index in [4.69, 9.17) is 16.3 Å². The van der Waals surface area contributed by atoms with Gasteiger partial charge in [0.2, 0.25) is 13.2 Å². The zero-order valence-corrected chi connectivity index (χ0v) is 15.9. The van der Waals surface area contributed by atoms with Crippen LogP contribution in [0.4, 0.5) is 18.9 Å². The summed E-state index contributed by atoms with van der Waals surface area (Å²) in [4.78, 5) is 20.5. The van der Waals surface area contributed by atoms with E-state index in [0.717, 1.165) is 25.1 Å². The topological polar surface area (TPSA) is 89.7 Å². The summed E-state index contributed by atoms with van der Waals surface area (Å²) in [5.74, 6) is -5.63. The summed E-state index contributed by atoms with van der Waals surface area (Å²) < 4.78 is 59.3. The molecule has 0 aliphatic rings. The largest absolute Gasteiger partial charge is 0.452 e. The van der Waals surface area contributed by atoms with Gasteiger partial charge in [-0.15, -0.1) is 0 Å². The molecule has 11 heteroatoms. The smallest absolute Gasteiger partial charge is 0.282 e. The second-order valence-electron chi connectivity index (χ2n) is 5.94. The van der Waals surface area contributed by atoms with Crippen LogP contribution >= 0.6 is 19.0 Å². The maximum Gasteiger partial charge on any atom is 0.282 e. The predicted molar refractivity (Wildman–Crippen MR) is 93.8 cm³/mol. The van der Waals surface area contributed by atoms with Crippen LogP contribution in [0, 0.1) is 34.5 Å². The van der Waals surface area contributed by atoms with E-state index in [1.165, 1.54) is 13.8 Å². The number of nitro benzene ring substituents is 1. The van der Waals surface area contributed by atoms with Gasteiger partial charge in [-0.05, 0) is 13.0 Å². The van der Waals surface area contributed by atoms with E-state index in [-0.39, 0.29) is 5.75 Å². The van der Waals surface area contributed by atoms with E-state index in [2.05, 4.69) is 0 Å². The van der Waals surface area contributed by atoms with Crippen molar-refractivity contribution >= 4 is 30.0 Å². The monoisotopic (exact) mass is 423 g/mol. The Balaban J connectivity index is 2.64. The SMILES string of the molecule is Cc1c(F)c(F)c(Oc2ccc([N+](=O)[O-])c(P(=O)(O)C(C)C)c2)c(Cl)c1F. The van der Waals surface area contributed by atoms with Crippen LogP contribution < -0.4 is 10.0 Å². The number of rotatable bonds is 5. The predicted octanol–water partition coefficient (Wildman–Crippen LogP) is 5.07. The Kier molecular flexibility index (Phi) is 5.89. The minimum Gasteiger partial charge on any atom is -0.452 e. The van der Waals surface area contributed by atoms with Crippen molar-refractivity contribution in [1.82, 2.24) is 0 Å². The van der Waals surface area contributed by atoms with Gasteiger partial charge in [0.05, 0.1) is 4.92 Å². The molecule has 0 aromatic heterocycles. The Morgan fingerprint density at radius 3 is 2.33 bits per heavy atom. The highest BCUT2D eigenvalue weighted by Crippen LogP contribution is 2.48. The van der Waals surface area contributed by atoms with Crippen LogP contribution in [0.5, 0.6) is 11.5 Å². The highest BCUT2D eigenvalue weighted by Gasteiger charge is 2.34. The summed E-state index contributed by atoms with van der Waals surface area (Å²) in [6, 6.07) is 2.72. The third-order valence-electron chi connectivity index (χ3n) is 3.85. The van der Waals surface area contributed by atoms with Crippen molar-refractivity contribution in [1.29, 1.82) is 0 Å². The zero-order chi connectivity index (χ0) is 20.7. The van der Waals surface area contributed by atoms with Gasteiger partial charge in [-0.2, -0.15) is 4.39 Å². The third kappa shape index (κ3) is 3.81. The van der Waals surface area contributed by atoms with Crippen molar-refractivity contribution in [2.45, 2.75) is 26.4 Å². The van der Waals surface area contributed by atoms with E-state index in [1.807, 2.05) is 0 Å². The molecule has 1 unspecified atom stereocenters. The molecule has 0 saturated heterocycles. The van der Waals surface area contributed by atoms with Gasteiger partial charge in [0.15, 0.2) is 17.4 Å². The fourth-order valence-corrected chi connectivity index (χ4v) is 3.80. The maximum atomic E-state index is 14.1. The molecule has 0 heterocycles. The molecular weight excluding hydrogens is 410 g/mol. The Morgan fingerprint density at radius 1 is 1.22 bits per heavy atom. The molecule has 0 aliphatic carbocycles. The van der Waals surface area contributed by atoms with Gasteiger partial charge in [-0.25, -0.2) is 8.78 Å². The minimum absolute atomic E-state index is 0.353. The first-order valence-electron chi connectivity index (χ1n) is 7.51. The van der Waals surface area contributed by atoms with Gasteiger partial charge in [0, 0.05) is 23.4 Å². The highest BCUT2D eigenvalue weighted by molar-refractivity contribution is 7.67. The summed E-state index contributed by atoms with van der Waals surface area (Å²) in [5.41, 5.74) is -2.15. The average Bonchev–Trinajstić information content (AvgIpc) is 2.61. The molecule has 0 amide bonds. The first-order valence-corrected chi connectivity index (χ1v) is 9.62. The molecule has 1 N–H and O–H groups in total. The van der Waals surface area contributed by atoms with E-state index in [0.29, 0.717) is 0 Å². The van der Waals surface area contributed by atoms with Gasteiger partial charge in [-0.1, -0.05) is 25.4 Å². The van der Waals surface area contributed by atoms with E-state index >= 15 is 0 Å². The van der Waals surface area contributed by atoms with Crippen molar-refractivity contribution in [2.75, 3.05) is 0 Å². The summed E-state index contributed by atoms with van der Waals surface area (Å²) in [6.07, 6.45) is 0. The summed E-state index contributed by atoms with van der Waals surface area (Å²) in [6.45, 7) is 3.76. The number of halogens is 4. The van der Waals surface area contributed by atoms with Gasteiger partial charge in [0.25, 0.3) is 5.69 Å². The van der Waals surface area contributed by atoms with Crippen LogP contribution in [-0.2, 0) is 4.57 Å². The number of benzene rings is 2.